The van der Waals surface area contributed by atoms with Crippen molar-refractivity contribution in [2.24, 2.45) is 0 Å². The van der Waals surface area contributed by atoms with Gasteiger partial charge in [0.2, 0.25) is 0 Å². The quantitative estimate of drug-likeness (QED) is 0.579. The van der Waals surface area contributed by atoms with Gasteiger partial charge in [-0.15, -0.1) is 0 Å². The first-order chi connectivity index (χ1) is 11.7. The molecule has 2 atom stereocenters. The number of hydrogen-bond acceptors (Lipinski definition) is 2. The molecular weight excluding hydrogens is 428 g/mol. The third kappa shape index (κ3) is 3.23. The van der Waals surface area contributed by atoms with E-state index in [-0.39, 0.29) is 0 Å². The Morgan fingerprint density at radius 3 is 1.58 bits per heavy atom. The summed E-state index contributed by atoms with van der Waals surface area (Å²) in [5, 5.41) is 0. The molecule has 0 bridgehead atoms. The van der Waals surface area contributed by atoms with Gasteiger partial charge in [-0.1, -0.05) is 44.0 Å². The smallest absolute Gasteiger partial charge is 0.0494 e. The third-order valence-corrected chi connectivity index (χ3v) is 6.31. The Kier molecular flexibility index (Phi) is 4.86. The molecule has 0 unspecified atom stereocenters. The largest absolute Gasteiger partial charge is 0.366 e. The second-order valence-corrected chi connectivity index (χ2v) is 8.60. The summed E-state index contributed by atoms with van der Waals surface area (Å²) in [6.45, 7) is 2.34. The van der Waals surface area contributed by atoms with Crippen LogP contribution in [-0.4, -0.2) is 25.2 Å². The first kappa shape index (κ1) is 16.5. The van der Waals surface area contributed by atoms with E-state index in [1.807, 2.05) is 0 Å². The molecule has 4 heteroatoms. The Morgan fingerprint density at radius 1 is 0.708 bits per heavy atom. The minimum absolute atomic E-state index is 0.612. The van der Waals surface area contributed by atoms with E-state index in [2.05, 4.69) is 90.2 Å². The molecule has 0 spiro atoms. The lowest BCUT2D eigenvalue weighted by Gasteiger charge is -2.37. The highest BCUT2D eigenvalue weighted by Gasteiger charge is 2.38. The zero-order valence-corrected chi connectivity index (χ0v) is 16.8. The summed E-state index contributed by atoms with van der Waals surface area (Å²) >= 11 is 7.25. The molecule has 0 N–H and O–H groups in total. The normalized spacial score (nSPS) is 23.9. The summed E-state index contributed by atoms with van der Waals surface area (Å²) in [7, 11) is 0. The second-order valence-electron chi connectivity index (χ2n) is 6.77. The molecule has 2 aromatic carbocycles. The first-order valence-electron chi connectivity index (χ1n) is 8.77. The number of nitrogens with zero attached hydrogens (tertiary/aromatic N) is 2. The van der Waals surface area contributed by atoms with Crippen LogP contribution >= 0.6 is 31.9 Å². The summed E-state index contributed by atoms with van der Waals surface area (Å²) in [5.74, 6) is 0. The average molecular weight is 450 g/mol. The predicted octanol–water partition coefficient (Wildman–Crippen LogP) is 5.85. The van der Waals surface area contributed by atoms with E-state index in [0.29, 0.717) is 12.1 Å². The molecule has 126 valence electrons. The fraction of sp³-hybridized carbons (Fsp3) is 0.400. The highest BCUT2D eigenvalue weighted by molar-refractivity contribution is 9.10. The maximum absolute atomic E-state index is 3.63. The van der Waals surface area contributed by atoms with Crippen LogP contribution in [0.1, 0.15) is 25.7 Å². The highest BCUT2D eigenvalue weighted by Crippen LogP contribution is 2.37. The zero-order chi connectivity index (χ0) is 16.5. The summed E-state index contributed by atoms with van der Waals surface area (Å²) < 4.78 is 2.34. The van der Waals surface area contributed by atoms with E-state index < -0.39 is 0 Å². The van der Waals surface area contributed by atoms with E-state index in [9.17, 15) is 0 Å². The van der Waals surface area contributed by atoms with Crippen molar-refractivity contribution in [3.63, 3.8) is 0 Å². The van der Waals surface area contributed by atoms with Gasteiger partial charge in [-0.3, -0.25) is 0 Å². The maximum atomic E-state index is 3.63. The van der Waals surface area contributed by atoms with Gasteiger partial charge in [0.15, 0.2) is 0 Å². The monoisotopic (exact) mass is 448 g/mol. The minimum Gasteiger partial charge on any atom is -0.366 e. The fourth-order valence-corrected chi connectivity index (χ4v) is 5.11. The lowest BCUT2D eigenvalue weighted by molar-refractivity contribution is 0.521. The molecule has 0 aliphatic carbocycles. The van der Waals surface area contributed by atoms with E-state index in [4.69, 9.17) is 0 Å². The molecule has 0 amide bonds. The van der Waals surface area contributed by atoms with E-state index >= 15 is 0 Å². The fourth-order valence-electron chi connectivity index (χ4n) is 4.34. The van der Waals surface area contributed by atoms with Crippen LogP contribution in [0.2, 0.25) is 0 Å². The molecule has 0 radical (unpaired) electrons. The van der Waals surface area contributed by atoms with Crippen LogP contribution in [0.25, 0.3) is 0 Å². The number of benzene rings is 2. The van der Waals surface area contributed by atoms with Crippen LogP contribution in [0, 0.1) is 0 Å². The maximum Gasteiger partial charge on any atom is 0.0494 e. The van der Waals surface area contributed by atoms with E-state index in [1.54, 1.807) is 0 Å². The van der Waals surface area contributed by atoms with Crippen LogP contribution in [0.5, 0.6) is 0 Å². The summed E-state index contributed by atoms with van der Waals surface area (Å²) in [6.07, 6.45) is 5.17. The standard InChI is InChI=1S/C20H22Br2N2/c21-15-5-1-7-17(13-15)23-11-3-9-19(23)20-10-4-12-24(20)18-8-2-6-16(22)14-18/h1-2,5-8,13-14,19-20H,3-4,9-12H2/t19-,20-/m1/s1. The average Bonchev–Trinajstić information content (AvgIpc) is 3.23. The van der Waals surface area contributed by atoms with Gasteiger partial charge >= 0.3 is 0 Å². The van der Waals surface area contributed by atoms with Gasteiger partial charge in [0.05, 0.1) is 0 Å². The van der Waals surface area contributed by atoms with Gasteiger partial charge in [-0.2, -0.15) is 0 Å². The van der Waals surface area contributed by atoms with Crippen LogP contribution in [0.3, 0.4) is 0 Å². The Morgan fingerprint density at radius 2 is 1.17 bits per heavy atom. The molecule has 0 saturated carbocycles. The van der Waals surface area contributed by atoms with Crippen molar-refractivity contribution >= 4 is 43.2 Å². The van der Waals surface area contributed by atoms with Crippen LogP contribution < -0.4 is 9.80 Å². The molecule has 2 aromatic rings. The molecule has 2 fully saturated rings. The number of halogens is 2. The Hall–Kier alpha value is -1.00. The lowest BCUT2D eigenvalue weighted by atomic mass is 10.0. The van der Waals surface area contributed by atoms with Crippen LogP contribution in [0.15, 0.2) is 57.5 Å². The molecule has 24 heavy (non-hydrogen) atoms. The first-order valence-corrected chi connectivity index (χ1v) is 10.4. The minimum atomic E-state index is 0.612. The molecule has 2 saturated heterocycles. The van der Waals surface area contributed by atoms with Crippen molar-refractivity contribution in [2.75, 3.05) is 22.9 Å². The topological polar surface area (TPSA) is 6.48 Å². The SMILES string of the molecule is Brc1cccc(N2CCC[C@@H]2[C@H]2CCCN2c2cccc(Br)c2)c1. The molecular formula is C20H22Br2N2. The van der Waals surface area contributed by atoms with E-state index in [0.717, 1.165) is 0 Å². The van der Waals surface area contributed by atoms with Gasteiger partial charge in [0.25, 0.3) is 0 Å². The Balaban J connectivity index is 1.61. The van der Waals surface area contributed by atoms with Crippen molar-refractivity contribution < 1.29 is 0 Å². The summed E-state index contributed by atoms with van der Waals surface area (Å²) in [5.41, 5.74) is 2.71. The van der Waals surface area contributed by atoms with Gasteiger partial charge < -0.3 is 9.80 Å². The lowest BCUT2D eigenvalue weighted by Crippen LogP contribution is -2.46. The van der Waals surface area contributed by atoms with Gasteiger partial charge in [0, 0.05) is 45.5 Å². The summed E-state index contributed by atoms with van der Waals surface area (Å²) in [6, 6.07) is 18.8. The number of hydrogen-bond donors (Lipinski definition) is 0. The molecule has 4 rings (SSSR count). The Bertz CT molecular complexity index is 657. The molecule has 2 aliphatic heterocycles. The molecule has 2 aliphatic rings. The van der Waals surface area contributed by atoms with Crippen molar-refractivity contribution in [1.29, 1.82) is 0 Å². The zero-order valence-electron chi connectivity index (χ0n) is 13.7. The molecule has 2 nitrogen and oxygen atoms in total. The number of anilines is 2. The number of rotatable bonds is 3. The van der Waals surface area contributed by atoms with Crippen LogP contribution in [0.4, 0.5) is 11.4 Å². The van der Waals surface area contributed by atoms with E-state index in [1.165, 1.54) is 59.1 Å². The van der Waals surface area contributed by atoms with Gasteiger partial charge in [-0.05, 0) is 62.1 Å². The second kappa shape index (κ2) is 7.09. The predicted molar refractivity (Wildman–Crippen MR) is 109 cm³/mol. The van der Waals surface area contributed by atoms with Crippen LogP contribution in [-0.2, 0) is 0 Å². The van der Waals surface area contributed by atoms with Crippen molar-refractivity contribution in [1.82, 2.24) is 0 Å². The highest BCUT2D eigenvalue weighted by atomic mass is 79.9. The third-order valence-electron chi connectivity index (χ3n) is 5.32. The Labute approximate surface area is 161 Å². The van der Waals surface area contributed by atoms with Crippen molar-refractivity contribution in [3.05, 3.63) is 57.5 Å². The van der Waals surface area contributed by atoms with Crippen molar-refractivity contribution in [2.45, 2.75) is 37.8 Å². The summed E-state index contributed by atoms with van der Waals surface area (Å²) in [4.78, 5) is 5.26. The molecule has 2 heterocycles. The molecule has 0 aromatic heterocycles. The van der Waals surface area contributed by atoms with Crippen molar-refractivity contribution in [3.8, 4) is 0 Å². The van der Waals surface area contributed by atoms with Gasteiger partial charge in [-0.25, -0.2) is 0 Å². The van der Waals surface area contributed by atoms with Gasteiger partial charge in [0.1, 0.15) is 0 Å².